The van der Waals surface area contributed by atoms with E-state index >= 15 is 0 Å². The maximum absolute atomic E-state index is 12.8. The molecule has 1 aliphatic heterocycles. The van der Waals surface area contributed by atoms with Crippen molar-refractivity contribution in [3.63, 3.8) is 0 Å². The Balaban J connectivity index is 2.56. The van der Waals surface area contributed by atoms with Crippen LogP contribution in [0.3, 0.4) is 0 Å². The van der Waals surface area contributed by atoms with Crippen molar-refractivity contribution in [3.8, 4) is 0 Å². The fraction of sp³-hybridized carbons (Fsp3) is 0.385. The van der Waals surface area contributed by atoms with Gasteiger partial charge in [0.05, 0.1) is 17.8 Å². The van der Waals surface area contributed by atoms with Crippen LogP contribution in [-0.2, 0) is 0 Å². The van der Waals surface area contributed by atoms with Crippen LogP contribution in [0.4, 0.5) is 13.2 Å². The van der Waals surface area contributed by atoms with Gasteiger partial charge in [-0.15, -0.1) is 0 Å². The number of pyridine rings is 1. The van der Waals surface area contributed by atoms with Gasteiger partial charge in [0.1, 0.15) is 5.70 Å². The molecule has 4 nitrogen and oxygen atoms in total. The van der Waals surface area contributed by atoms with Gasteiger partial charge in [-0.3, -0.25) is 9.79 Å². The Morgan fingerprint density at radius 1 is 1.30 bits per heavy atom. The van der Waals surface area contributed by atoms with Crippen molar-refractivity contribution in [2.45, 2.75) is 20.0 Å². The summed E-state index contributed by atoms with van der Waals surface area (Å²) in [6.07, 6.45) is -3.60. The largest absolute Gasteiger partial charge is 0.430 e. The number of allylic oxidation sites excluding steroid dienone is 2. The summed E-state index contributed by atoms with van der Waals surface area (Å²) in [6.45, 7) is 3.65. The number of nitrogens with zero attached hydrogens (tertiary/aromatic N) is 1. The van der Waals surface area contributed by atoms with Crippen LogP contribution >= 0.6 is 0 Å². The maximum atomic E-state index is 12.8. The molecule has 108 valence electrons. The van der Waals surface area contributed by atoms with Crippen LogP contribution in [-0.4, -0.2) is 30.0 Å². The van der Waals surface area contributed by atoms with E-state index in [9.17, 15) is 18.0 Å². The Morgan fingerprint density at radius 2 is 2.00 bits per heavy atom. The summed E-state index contributed by atoms with van der Waals surface area (Å²) in [6, 6.07) is 1.71. The molecule has 1 aromatic rings. The summed E-state index contributed by atoms with van der Waals surface area (Å²) in [7, 11) is 0. The average Bonchev–Trinajstić information content (AvgIpc) is 2.52. The smallest absolute Gasteiger partial charge is 0.379 e. The zero-order valence-electron chi connectivity index (χ0n) is 11.1. The molecule has 0 unspecified atom stereocenters. The Kier molecular flexibility index (Phi) is 3.69. The fourth-order valence-electron chi connectivity index (χ4n) is 2.11. The van der Waals surface area contributed by atoms with Gasteiger partial charge in [-0.1, -0.05) is 0 Å². The van der Waals surface area contributed by atoms with Crippen LogP contribution in [0, 0.1) is 13.8 Å². The number of aromatic amines is 1. The highest BCUT2D eigenvalue weighted by atomic mass is 19.4. The third-order valence-electron chi connectivity index (χ3n) is 2.92. The van der Waals surface area contributed by atoms with Crippen molar-refractivity contribution in [1.29, 1.82) is 0 Å². The summed E-state index contributed by atoms with van der Waals surface area (Å²) >= 11 is 0. The zero-order valence-corrected chi connectivity index (χ0v) is 11.1. The first kappa shape index (κ1) is 14.4. The minimum Gasteiger partial charge on any atom is -0.379 e. The highest BCUT2D eigenvalue weighted by Gasteiger charge is 2.34. The first-order valence-electron chi connectivity index (χ1n) is 6.07. The average molecular weight is 285 g/mol. The van der Waals surface area contributed by atoms with E-state index in [-0.39, 0.29) is 24.4 Å². The van der Waals surface area contributed by atoms with Crippen LogP contribution in [0.2, 0.25) is 0 Å². The molecule has 20 heavy (non-hydrogen) atoms. The molecule has 0 bridgehead atoms. The van der Waals surface area contributed by atoms with Gasteiger partial charge < -0.3 is 10.3 Å². The van der Waals surface area contributed by atoms with Crippen LogP contribution in [0.15, 0.2) is 27.6 Å². The van der Waals surface area contributed by atoms with E-state index in [2.05, 4.69) is 15.3 Å². The molecule has 2 rings (SSSR count). The van der Waals surface area contributed by atoms with Gasteiger partial charge in [0.25, 0.3) is 5.56 Å². The van der Waals surface area contributed by atoms with Gasteiger partial charge in [-0.25, -0.2) is 0 Å². The number of aliphatic imine (C=N–C) groups is 1. The number of H-pyrrole nitrogens is 1. The van der Waals surface area contributed by atoms with E-state index in [0.717, 1.165) is 6.08 Å². The lowest BCUT2D eigenvalue weighted by molar-refractivity contribution is -0.0964. The summed E-state index contributed by atoms with van der Waals surface area (Å²) < 4.78 is 38.4. The van der Waals surface area contributed by atoms with Crippen LogP contribution in [0.1, 0.15) is 16.8 Å². The highest BCUT2D eigenvalue weighted by molar-refractivity contribution is 6.10. The van der Waals surface area contributed by atoms with Crippen molar-refractivity contribution in [2.24, 2.45) is 4.99 Å². The lowest BCUT2D eigenvalue weighted by Gasteiger charge is -2.12. The number of aromatic nitrogens is 1. The lowest BCUT2D eigenvalue weighted by atomic mass is 10.0. The number of rotatable bonds is 1. The predicted octanol–water partition coefficient (Wildman–Crippen LogP) is 1.83. The van der Waals surface area contributed by atoms with Crippen LogP contribution < -0.4 is 10.9 Å². The van der Waals surface area contributed by atoms with Gasteiger partial charge in [0, 0.05) is 12.2 Å². The van der Waals surface area contributed by atoms with Gasteiger partial charge in [-0.2, -0.15) is 13.2 Å². The van der Waals surface area contributed by atoms with E-state index in [4.69, 9.17) is 0 Å². The van der Waals surface area contributed by atoms with Crippen LogP contribution in [0.5, 0.6) is 0 Å². The number of halogens is 3. The minimum absolute atomic E-state index is 0.0566. The van der Waals surface area contributed by atoms with Crippen molar-refractivity contribution in [1.82, 2.24) is 10.3 Å². The molecular formula is C13H14F3N3O. The number of hydrogen-bond donors (Lipinski definition) is 2. The summed E-state index contributed by atoms with van der Waals surface area (Å²) in [5.41, 5.74) is 0.185. The second-order valence-corrected chi connectivity index (χ2v) is 4.59. The summed E-state index contributed by atoms with van der Waals surface area (Å²) in [5.74, 6) is 0. The standard InChI is InChI=1S/C13H14F3N3O/c1-7-5-8(2)19-12(20)11(7)9-6-10(13(14,15)16)18-4-3-17-9/h5-6,18H,3-4H2,1-2H3,(H,19,20). The van der Waals surface area contributed by atoms with Crippen molar-refractivity contribution in [2.75, 3.05) is 13.1 Å². The van der Waals surface area contributed by atoms with Gasteiger partial charge in [0.2, 0.25) is 0 Å². The van der Waals surface area contributed by atoms with E-state index in [1.807, 2.05) is 0 Å². The molecule has 1 aromatic heterocycles. The molecule has 2 N–H and O–H groups in total. The first-order chi connectivity index (χ1) is 9.29. The van der Waals surface area contributed by atoms with Gasteiger partial charge in [-0.05, 0) is 31.6 Å². The van der Waals surface area contributed by atoms with Crippen molar-refractivity contribution in [3.05, 3.63) is 45.0 Å². The maximum Gasteiger partial charge on any atom is 0.430 e. The molecule has 0 saturated carbocycles. The van der Waals surface area contributed by atoms with E-state index < -0.39 is 17.4 Å². The number of nitrogens with one attached hydrogen (secondary N) is 2. The quantitative estimate of drug-likeness (QED) is 0.827. The molecule has 2 heterocycles. The molecule has 7 heteroatoms. The number of aryl methyl sites for hydroxylation is 2. The molecule has 0 aromatic carbocycles. The van der Waals surface area contributed by atoms with E-state index in [1.54, 1.807) is 19.9 Å². The Morgan fingerprint density at radius 3 is 2.60 bits per heavy atom. The second kappa shape index (κ2) is 5.15. The molecule has 0 saturated heterocycles. The molecule has 0 aliphatic carbocycles. The summed E-state index contributed by atoms with van der Waals surface area (Å²) in [5, 5.41) is 2.28. The van der Waals surface area contributed by atoms with E-state index in [1.165, 1.54) is 0 Å². The van der Waals surface area contributed by atoms with Gasteiger partial charge in [0.15, 0.2) is 0 Å². The molecule has 0 atom stereocenters. The normalized spacial score (nSPS) is 16.1. The Bertz CT molecular complexity index is 641. The van der Waals surface area contributed by atoms with Gasteiger partial charge >= 0.3 is 6.18 Å². The number of hydrogen-bond acceptors (Lipinski definition) is 3. The molecule has 0 spiro atoms. The van der Waals surface area contributed by atoms with Crippen molar-refractivity contribution < 1.29 is 13.2 Å². The Hall–Kier alpha value is -2.05. The SMILES string of the molecule is Cc1cc(C)c(C2=NCCNC(C(F)(F)F)=C2)c(=O)[nH]1. The second-order valence-electron chi connectivity index (χ2n) is 4.59. The summed E-state index contributed by atoms with van der Waals surface area (Å²) in [4.78, 5) is 18.6. The molecular weight excluding hydrogens is 271 g/mol. The third kappa shape index (κ3) is 2.92. The molecule has 1 aliphatic rings. The molecule has 0 amide bonds. The number of alkyl halides is 3. The Labute approximate surface area is 113 Å². The highest BCUT2D eigenvalue weighted by Crippen LogP contribution is 2.24. The van der Waals surface area contributed by atoms with Crippen LogP contribution in [0.25, 0.3) is 0 Å². The topological polar surface area (TPSA) is 57.2 Å². The third-order valence-corrected chi connectivity index (χ3v) is 2.92. The molecule has 0 radical (unpaired) electrons. The lowest BCUT2D eigenvalue weighted by Crippen LogP contribution is -2.28. The fourth-order valence-corrected chi connectivity index (χ4v) is 2.11. The monoisotopic (exact) mass is 285 g/mol. The minimum atomic E-state index is -4.49. The first-order valence-corrected chi connectivity index (χ1v) is 6.07. The zero-order chi connectivity index (χ0) is 14.9. The predicted molar refractivity (Wildman–Crippen MR) is 70.1 cm³/mol. The van der Waals surface area contributed by atoms with E-state index in [0.29, 0.717) is 11.3 Å². The van der Waals surface area contributed by atoms with Crippen molar-refractivity contribution >= 4 is 5.71 Å². The molecule has 0 fully saturated rings.